The van der Waals surface area contributed by atoms with E-state index in [9.17, 15) is 4.79 Å². The van der Waals surface area contributed by atoms with E-state index in [2.05, 4.69) is 0 Å². The second kappa shape index (κ2) is 4.38. The average Bonchev–Trinajstić information content (AvgIpc) is 2.54. The lowest BCUT2D eigenvalue weighted by molar-refractivity contribution is -0.125. The molecule has 0 N–H and O–H groups in total. The van der Waals surface area contributed by atoms with E-state index in [-0.39, 0.29) is 17.8 Å². The highest BCUT2D eigenvalue weighted by Crippen LogP contribution is 2.23. The SMILES string of the molecule is CCC(C#N)C(=O)C1COC(C)C1. The first-order valence-electron chi connectivity index (χ1n) is 4.74. The second-order valence-corrected chi connectivity index (χ2v) is 3.57. The summed E-state index contributed by atoms with van der Waals surface area (Å²) in [5.41, 5.74) is 0. The predicted molar refractivity (Wildman–Crippen MR) is 47.9 cm³/mol. The van der Waals surface area contributed by atoms with Crippen molar-refractivity contribution in [3.05, 3.63) is 0 Å². The quantitative estimate of drug-likeness (QED) is 0.663. The highest BCUT2D eigenvalue weighted by atomic mass is 16.5. The summed E-state index contributed by atoms with van der Waals surface area (Å²) in [6, 6.07) is 2.04. The summed E-state index contributed by atoms with van der Waals surface area (Å²) in [5.74, 6) is -0.409. The molecule has 0 spiro atoms. The Balaban J connectivity index is 2.53. The fourth-order valence-electron chi connectivity index (χ4n) is 1.66. The van der Waals surface area contributed by atoms with Crippen molar-refractivity contribution in [3.8, 4) is 6.07 Å². The van der Waals surface area contributed by atoms with Crippen molar-refractivity contribution in [2.45, 2.75) is 32.8 Å². The van der Waals surface area contributed by atoms with Crippen molar-refractivity contribution in [2.75, 3.05) is 6.61 Å². The van der Waals surface area contributed by atoms with Crippen LogP contribution in [0.5, 0.6) is 0 Å². The Morgan fingerprint density at radius 2 is 2.46 bits per heavy atom. The van der Waals surface area contributed by atoms with Gasteiger partial charge in [0.05, 0.1) is 18.8 Å². The Bertz CT molecular complexity index is 232. The molecule has 13 heavy (non-hydrogen) atoms. The zero-order chi connectivity index (χ0) is 9.84. The second-order valence-electron chi connectivity index (χ2n) is 3.57. The maximum Gasteiger partial charge on any atom is 0.155 e. The molecule has 72 valence electrons. The van der Waals surface area contributed by atoms with E-state index in [1.165, 1.54) is 0 Å². The summed E-state index contributed by atoms with van der Waals surface area (Å²) in [4.78, 5) is 11.7. The van der Waals surface area contributed by atoms with Crippen LogP contribution in [0.15, 0.2) is 0 Å². The normalized spacial score (nSPS) is 29.6. The third kappa shape index (κ3) is 2.28. The predicted octanol–water partition coefficient (Wildman–Crippen LogP) is 1.53. The number of ketones is 1. The summed E-state index contributed by atoms with van der Waals surface area (Å²) in [5, 5.41) is 8.71. The lowest BCUT2D eigenvalue weighted by atomic mass is 9.90. The van der Waals surface area contributed by atoms with Crippen LogP contribution in [0.1, 0.15) is 26.7 Å². The van der Waals surface area contributed by atoms with Crippen molar-refractivity contribution in [2.24, 2.45) is 11.8 Å². The highest BCUT2D eigenvalue weighted by Gasteiger charge is 2.31. The first kappa shape index (κ1) is 10.2. The van der Waals surface area contributed by atoms with E-state index in [1.54, 1.807) is 0 Å². The minimum atomic E-state index is -0.432. The van der Waals surface area contributed by atoms with Gasteiger partial charge >= 0.3 is 0 Å². The molecule has 0 saturated carbocycles. The number of ether oxygens (including phenoxy) is 1. The van der Waals surface area contributed by atoms with Gasteiger partial charge in [0.15, 0.2) is 5.78 Å². The van der Waals surface area contributed by atoms with Crippen molar-refractivity contribution >= 4 is 5.78 Å². The zero-order valence-electron chi connectivity index (χ0n) is 8.12. The summed E-state index contributed by atoms with van der Waals surface area (Å²) in [6.07, 6.45) is 1.56. The van der Waals surface area contributed by atoms with Gasteiger partial charge in [-0.1, -0.05) is 6.92 Å². The van der Waals surface area contributed by atoms with Crippen LogP contribution in [-0.2, 0) is 9.53 Å². The Labute approximate surface area is 78.7 Å². The fourth-order valence-corrected chi connectivity index (χ4v) is 1.66. The monoisotopic (exact) mass is 181 g/mol. The van der Waals surface area contributed by atoms with Crippen molar-refractivity contribution in [3.63, 3.8) is 0 Å². The average molecular weight is 181 g/mol. The number of rotatable bonds is 3. The molecule has 3 heteroatoms. The van der Waals surface area contributed by atoms with Crippen molar-refractivity contribution in [1.29, 1.82) is 5.26 Å². The molecule has 0 amide bonds. The molecule has 3 unspecified atom stereocenters. The lowest BCUT2D eigenvalue weighted by Gasteiger charge is -2.09. The number of carbonyl (C=O) groups is 1. The molecular formula is C10H15NO2. The number of carbonyl (C=O) groups excluding carboxylic acids is 1. The summed E-state index contributed by atoms with van der Waals surface area (Å²) in [7, 11) is 0. The number of nitrogens with zero attached hydrogens (tertiary/aromatic N) is 1. The molecule has 3 nitrogen and oxygen atoms in total. The summed E-state index contributed by atoms with van der Waals surface area (Å²) in [6.45, 7) is 4.32. The maximum absolute atomic E-state index is 11.7. The van der Waals surface area contributed by atoms with Gasteiger partial charge in [0.1, 0.15) is 5.92 Å². The minimum Gasteiger partial charge on any atom is -0.378 e. The van der Waals surface area contributed by atoms with E-state index >= 15 is 0 Å². The topological polar surface area (TPSA) is 50.1 Å². The number of hydrogen-bond acceptors (Lipinski definition) is 3. The number of hydrogen-bond donors (Lipinski definition) is 0. The van der Waals surface area contributed by atoms with E-state index in [1.807, 2.05) is 19.9 Å². The van der Waals surface area contributed by atoms with Crippen molar-refractivity contribution < 1.29 is 9.53 Å². The Morgan fingerprint density at radius 3 is 2.85 bits per heavy atom. The molecular weight excluding hydrogens is 166 g/mol. The Hall–Kier alpha value is -0.880. The van der Waals surface area contributed by atoms with E-state index in [0.717, 1.165) is 6.42 Å². The molecule has 0 radical (unpaired) electrons. The fraction of sp³-hybridized carbons (Fsp3) is 0.800. The van der Waals surface area contributed by atoms with Gasteiger partial charge in [0.25, 0.3) is 0 Å². The smallest absolute Gasteiger partial charge is 0.155 e. The van der Waals surface area contributed by atoms with Gasteiger partial charge in [-0.15, -0.1) is 0 Å². The van der Waals surface area contributed by atoms with Gasteiger partial charge in [-0.2, -0.15) is 5.26 Å². The lowest BCUT2D eigenvalue weighted by Crippen LogP contribution is -2.22. The van der Waals surface area contributed by atoms with Gasteiger partial charge in [-0.25, -0.2) is 0 Å². The van der Waals surface area contributed by atoms with E-state index in [4.69, 9.17) is 10.00 Å². The van der Waals surface area contributed by atoms with Crippen LogP contribution in [-0.4, -0.2) is 18.5 Å². The van der Waals surface area contributed by atoms with Gasteiger partial charge in [-0.05, 0) is 19.8 Å². The first-order valence-corrected chi connectivity index (χ1v) is 4.74. The van der Waals surface area contributed by atoms with Crippen LogP contribution in [0.4, 0.5) is 0 Å². The number of nitriles is 1. The molecule has 1 saturated heterocycles. The third-order valence-electron chi connectivity index (χ3n) is 2.51. The first-order chi connectivity index (χ1) is 6.19. The third-order valence-corrected chi connectivity index (χ3v) is 2.51. The Kier molecular flexibility index (Phi) is 3.44. The zero-order valence-corrected chi connectivity index (χ0v) is 8.12. The molecule has 1 fully saturated rings. The highest BCUT2D eigenvalue weighted by molar-refractivity contribution is 5.85. The van der Waals surface area contributed by atoms with E-state index < -0.39 is 5.92 Å². The minimum absolute atomic E-state index is 0.0420. The van der Waals surface area contributed by atoms with Crippen LogP contribution >= 0.6 is 0 Å². The number of Topliss-reactive ketones (excluding diaryl/α,β-unsaturated/α-hetero) is 1. The molecule has 3 atom stereocenters. The van der Waals surface area contributed by atoms with Crippen LogP contribution in [0.25, 0.3) is 0 Å². The molecule has 1 aliphatic heterocycles. The summed E-state index contributed by atoms with van der Waals surface area (Å²) >= 11 is 0. The molecule has 0 aromatic heterocycles. The summed E-state index contributed by atoms with van der Waals surface area (Å²) < 4.78 is 5.30. The van der Waals surface area contributed by atoms with Crippen LogP contribution in [0.3, 0.4) is 0 Å². The molecule has 0 aromatic rings. The van der Waals surface area contributed by atoms with Gasteiger partial charge < -0.3 is 4.74 Å². The van der Waals surface area contributed by atoms with Crippen molar-refractivity contribution in [1.82, 2.24) is 0 Å². The molecule has 1 rings (SSSR count). The van der Waals surface area contributed by atoms with Crippen LogP contribution < -0.4 is 0 Å². The van der Waals surface area contributed by atoms with Crippen LogP contribution in [0.2, 0.25) is 0 Å². The standard InChI is InChI=1S/C10H15NO2/c1-3-8(5-11)10(12)9-4-7(2)13-6-9/h7-9H,3-4,6H2,1-2H3. The molecule has 0 aliphatic carbocycles. The maximum atomic E-state index is 11.7. The van der Waals surface area contributed by atoms with Gasteiger partial charge in [0.2, 0.25) is 0 Å². The van der Waals surface area contributed by atoms with Gasteiger partial charge in [-0.3, -0.25) is 4.79 Å². The van der Waals surface area contributed by atoms with E-state index in [0.29, 0.717) is 13.0 Å². The molecule has 1 heterocycles. The largest absolute Gasteiger partial charge is 0.378 e. The Morgan fingerprint density at radius 1 is 1.77 bits per heavy atom. The molecule has 1 aliphatic rings. The molecule has 0 bridgehead atoms. The molecule has 0 aromatic carbocycles. The van der Waals surface area contributed by atoms with Crippen LogP contribution in [0, 0.1) is 23.2 Å². The van der Waals surface area contributed by atoms with Gasteiger partial charge in [0, 0.05) is 5.92 Å².